The van der Waals surface area contributed by atoms with E-state index in [1.54, 1.807) is 6.07 Å². The molecule has 0 radical (unpaired) electrons. The molecular formula is C18H20N2O4S. The van der Waals surface area contributed by atoms with Crippen molar-refractivity contribution in [1.82, 2.24) is 10.0 Å². The van der Waals surface area contributed by atoms with Gasteiger partial charge in [-0.05, 0) is 24.6 Å². The number of benzene rings is 2. The van der Waals surface area contributed by atoms with Gasteiger partial charge in [-0.2, -0.15) is 0 Å². The van der Waals surface area contributed by atoms with Gasteiger partial charge in [0.2, 0.25) is 15.9 Å². The van der Waals surface area contributed by atoms with E-state index >= 15 is 0 Å². The van der Waals surface area contributed by atoms with Crippen LogP contribution in [0, 0.1) is 0 Å². The van der Waals surface area contributed by atoms with Crippen molar-refractivity contribution in [3.63, 3.8) is 0 Å². The van der Waals surface area contributed by atoms with Crippen molar-refractivity contribution in [2.24, 2.45) is 0 Å². The Labute approximate surface area is 147 Å². The van der Waals surface area contributed by atoms with Gasteiger partial charge in [0.15, 0.2) is 5.78 Å². The van der Waals surface area contributed by atoms with Crippen LogP contribution in [0.1, 0.15) is 29.3 Å². The molecule has 0 fully saturated rings. The van der Waals surface area contributed by atoms with Crippen LogP contribution in [0.4, 0.5) is 0 Å². The summed E-state index contributed by atoms with van der Waals surface area (Å²) in [6.45, 7) is 1.75. The van der Waals surface area contributed by atoms with Crippen LogP contribution >= 0.6 is 0 Å². The maximum Gasteiger partial charge on any atom is 0.240 e. The Kier molecular flexibility index (Phi) is 6.44. The highest BCUT2D eigenvalue weighted by molar-refractivity contribution is 7.89. The number of rotatable bonds is 8. The Hall–Kier alpha value is -2.51. The SMILES string of the molecule is CC(=O)c1cccc(S(=O)(=O)NCCC(=O)NCc2ccccc2)c1. The van der Waals surface area contributed by atoms with Gasteiger partial charge in [0.25, 0.3) is 0 Å². The lowest BCUT2D eigenvalue weighted by Crippen LogP contribution is -2.30. The molecule has 0 atom stereocenters. The van der Waals surface area contributed by atoms with Gasteiger partial charge in [0.1, 0.15) is 0 Å². The molecule has 1 amide bonds. The molecule has 132 valence electrons. The van der Waals surface area contributed by atoms with Gasteiger partial charge in [0, 0.05) is 25.1 Å². The van der Waals surface area contributed by atoms with Crippen LogP contribution in [0.25, 0.3) is 0 Å². The largest absolute Gasteiger partial charge is 0.352 e. The summed E-state index contributed by atoms with van der Waals surface area (Å²) < 4.78 is 26.8. The van der Waals surface area contributed by atoms with E-state index in [1.165, 1.54) is 25.1 Å². The van der Waals surface area contributed by atoms with Gasteiger partial charge >= 0.3 is 0 Å². The second-order valence-corrected chi connectivity index (χ2v) is 7.26. The third-order valence-electron chi connectivity index (χ3n) is 3.53. The summed E-state index contributed by atoms with van der Waals surface area (Å²) in [6.07, 6.45) is 0.0263. The predicted molar refractivity (Wildman–Crippen MR) is 94.5 cm³/mol. The summed E-state index contributed by atoms with van der Waals surface area (Å²) in [6, 6.07) is 15.2. The molecule has 2 rings (SSSR count). The number of carbonyl (C=O) groups excluding carboxylic acids is 2. The van der Waals surface area contributed by atoms with Gasteiger partial charge in [-0.25, -0.2) is 13.1 Å². The first-order valence-corrected chi connectivity index (χ1v) is 9.28. The van der Waals surface area contributed by atoms with Gasteiger partial charge in [-0.1, -0.05) is 42.5 Å². The van der Waals surface area contributed by atoms with Crippen molar-refractivity contribution in [1.29, 1.82) is 0 Å². The second-order valence-electron chi connectivity index (χ2n) is 5.49. The van der Waals surface area contributed by atoms with Crippen molar-refractivity contribution < 1.29 is 18.0 Å². The normalized spacial score (nSPS) is 11.1. The van der Waals surface area contributed by atoms with E-state index < -0.39 is 10.0 Å². The molecule has 0 aromatic heterocycles. The van der Waals surface area contributed by atoms with Gasteiger partial charge < -0.3 is 5.32 Å². The zero-order valence-electron chi connectivity index (χ0n) is 13.9. The molecule has 7 heteroatoms. The minimum absolute atomic E-state index is 0.00453. The van der Waals surface area contributed by atoms with Gasteiger partial charge in [0.05, 0.1) is 4.90 Å². The van der Waals surface area contributed by atoms with Crippen LogP contribution in [0.2, 0.25) is 0 Å². The molecule has 2 N–H and O–H groups in total. The van der Waals surface area contributed by atoms with Crippen LogP contribution in [0.15, 0.2) is 59.5 Å². The maximum absolute atomic E-state index is 12.2. The summed E-state index contributed by atoms with van der Waals surface area (Å²) >= 11 is 0. The van der Waals surface area contributed by atoms with Crippen LogP contribution in [-0.2, 0) is 21.4 Å². The summed E-state index contributed by atoms with van der Waals surface area (Å²) in [4.78, 5) is 23.1. The van der Waals surface area contributed by atoms with Crippen LogP contribution < -0.4 is 10.0 Å². The predicted octanol–water partition coefficient (Wildman–Crippen LogP) is 1.87. The van der Waals surface area contributed by atoms with E-state index in [1.807, 2.05) is 30.3 Å². The van der Waals surface area contributed by atoms with Crippen molar-refractivity contribution in [2.45, 2.75) is 24.8 Å². The minimum Gasteiger partial charge on any atom is -0.352 e. The molecule has 0 spiro atoms. The number of hydrogen-bond donors (Lipinski definition) is 2. The zero-order chi connectivity index (χ0) is 18.3. The minimum atomic E-state index is -3.76. The third kappa shape index (κ3) is 5.81. The monoisotopic (exact) mass is 360 g/mol. The highest BCUT2D eigenvalue weighted by Crippen LogP contribution is 2.11. The first kappa shape index (κ1) is 18.8. The maximum atomic E-state index is 12.2. The topological polar surface area (TPSA) is 92.3 Å². The van der Waals surface area contributed by atoms with Crippen molar-refractivity contribution in [3.8, 4) is 0 Å². The molecule has 0 aliphatic heterocycles. The quantitative estimate of drug-likeness (QED) is 0.703. The van der Waals surface area contributed by atoms with Crippen molar-refractivity contribution in [2.75, 3.05) is 6.54 Å². The standard InChI is InChI=1S/C18H20N2O4S/c1-14(21)16-8-5-9-17(12-16)25(23,24)20-11-10-18(22)19-13-15-6-3-2-4-7-15/h2-9,12,20H,10-11,13H2,1H3,(H,19,22). The Bertz CT molecular complexity index is 848. The Morgan fingerprint density at radius 2 is 1.72 bits per heavy atom. The number of nitrogens with one attached hydrogen (secondary N) is 2. The third-order valence-corrected chi connectivity index (χ3v) is 4.99. The molecule has 2 aromatic rings. The van der Waals surface area contributed by atoms with Crippen LogP contribution in [0.5, 0.6) is 0 Å². The molecule has 0 heterocycles. The average molecular weight is 360 g/mol. The average Bonchev–Trinajstić information content (AvgIpc) is 2.61. The first-order valence-electron chi connectivity index (χ1n) is 7.80. The molecule has 0 aliphatic carbocycles. The van der Waals surface area contributed by atoms with Crippen LogP contribution in [-0.4, -0.2) is 26.7 Å². The van der Waals surface area contributed by atoms with Crippen molar-refractivity contribution in [3.05, 3.63) is 65.7 Å². The molecular weight excluding hydrogens is 340 g/mol. The molecule has 0 unspecified atom stereocenters. The number of ketones is 1. The lowest BCUT2D eigenvalue weighted by Gasteiger charge is -2.08. The Balaban J connectivity index is 1.84. The highest BCUT2D eigenvalue weighted by atomic mass is 32.2. The molecule has 6 nitrogen and oxygen atoms in total. The van der Waals surface area contributed by atoms with E-state index in [4.69, 9.17) is 0 Å². The van der Waals surface area contributed by atoms with Crippen molar-refractivity contribution >= 4 is 21.7 Å². The van der Waals surface area contributed by atoms with E-state index in [2.05, 4.69) is 10.0 Å². The smallest absolute Gasteiger partial charge is 0.240 e. The lowest BCUT2D eigenvalue weighted by atomic mass is 10.2. The Morgan fingerprint density at radius 1 is 1.00 bits per heavy atom. The van der Waals surface area contributed by atoms with Crippen LogP contribution in [0.3, 0.4) is 0 Å². The number of hydrogen-bond acceptors (Lipinski definition) is 4. The molecule has 0 saturated heterocycles. The number of amides is 1. The summed E-state index contributed by atoms with van der Waals surface area (Å²) in [7, 11) is -3.76. The second kappa shape index (κ2) is 8.55. The molecule has 0 saturated carbocycles. The van der Waals surface area contributed by atoms with E-state index in [9.17, 15) is 18.0 Å². The summed E-state index contributed by atoms with van der Waals surface area (Å²) in [5.41, 5.74) is 1.29. The van der Waals surface area contributed by atoms with E-state index in [-0.39, 0.29) is 29.6 Å². The molecule has 0 bridgehead atoms. The first-order chi connectivity index (χ1) is 11.9. The fraction of sp³-hybridized carbons (Fsp3) is 0.222. The number of sulfonamides is 1. The van der Waals surface area contributed by atoms with Gasteiger partial charge in [-0.3, -0.25) is 9.59 Å². The summed E-state index contributed by atoms with van der Waals surface area (Å²) in [5.74, 6) is -0.457. The summed E-state index contributed by atoms with van der Waals surface area (Å²) in [5, 5.41) is 2.73. The molecule has 0 aliphatic rings. The Morgan fingerprint density at radius 3 is 2.40 bits per heavy atom. The highest BCUT2D eigenvalue weighted by Gasteiger charge is 2.15. The number of carbonyl (C=O) groups is 2. The fourth-order valence-electron chi connectivity index (χ4n) is 2.15. The zero-order valence-corrected chi connectivity index (χ0v) is 14.7. The molecule has 2 aromatic carbocycles. The van der Waals surface area contributed by atoms with E-state index in [0.717, 1.165) is 5.56 Å². The van der Waals surface area contributed by atoms with E-state index in [0.29, 0.717) is 12.1 Å². The number of Topliss-reactive ketones (excluding diaryl/α,β-unsaturated/α-hetero) is 1. The van der Waals surface area contributed by atoms with Gasteiger partial charge in [-0.15, -0.1) is 0 Å². The fourth-order valence-corrected chi connectivity index (χ4v) is 3.23. The lowest BCUT2D eigenvalue weighted by molar-refractivity contribution is -0.121. The molecule has 25 heavy (non-hydrogen) atoms.